The molecule has 0 aliphatic rings. The Morgan fingerprint density at radius 1 is 0.762 bits per heavy atom. The van der Waals surface area contributed by atoms with Gasteiger partial charge in [-0.15, -0.1) is 0 Å². The maximum atomic E-state index is 12.6. The van der Waals surface area contributed by atoms with Gasteiger partial charge in [0.25, 0.3) is 0 Å². The summed E-state index contributed by atoms with van der Waals surface area (Å²) in [6, 6.07) is 11.4. The van der Waals surface area contributed by atoms with E-state index < -0.39 is 18.1 Å². The topological polar surface area (TPSA) is 35.5 Å². The fourth-order valence-electron chi connectivity index (χ4n) is 1.46. The van der Waals surface area contributed by atoms with Crippen LogP contribution >= 0.6 is 0 Å². The molecule has 2 rings (SSSR count). The van der Waals surface area contributed by atoms with Crippen LogP contribution in [-0.2, 0) is 0 Å². The summed E-state index contributed by atoms with van der Waals surface area (Å²) < 4.78 is 45.6. The lowest BCUT2D eigenvalue weighted by atomic mass is 10.2. The molecule has 0 bridgehead atoms. The Hall–Kier alpha value is -2.76. The number of hydrogen-bond acceptors (Lipinski definition) is 3. The molecule has 0 aromatic heterocycles. The van der Waals surface area contributed by atoms with Crippen molar-refractivity contribution in [3.8, 4) is 11.5 Å². The van der Waals surface area contributed by atoms with Crippen molar-refractivity contribution in [1.82, 2.24) is 0 Å². The van der Waals surface area contributed by atoms with E-state index in [2.05, 4.69) is 4.74 Å². The van der Waals surface area contributed by atoms with Crippen molar-refractivity contribution in [2.24, 2.45) is 0 Å². The molecule has 0 aliphatic heterocycles. The van der Waals surface area contributed by atoms with Crippen molar-refractivity contribution in [3.63, 3.8) is 0 Å². The molecule has 0 N–H and O–H groups in total. The fourth-order valence-corrected chi connectivity index (χ4v) is 1.46. The molecule has 0 unspecified atom stereocenters. The summed E-state index contributed by atoms with van der Waals surface area (Å²) in [5.41, 5.74) is 0.177. The van der Waals surface area contributed by atoms with E-state index in [4.69, 9.17) is 4.74 Å². The van der Waals surface area contributed by atoms with E-state index >= 15 is 0 Å². The maximum absolute atomic E-state index is 12.6. The van der Waals surface area contributed by atoms with Gasteiger partial charge in [-0.2, -0.15) is 13.2 Å². The van der Waals surface area contributed by atoms with Gasteiger partial charge in [-0.3, -0.25) is 0 Å². The lowest BCUT2D eigenvalue weighted by Crippen LogP contribution is -2.08. The Bertz CT molecular complexity index is 648. The van der Waals surface area contributed by atoms with E-state index in [1.807, 2.05) is 0 Å². The van der Waals surface area contributed by atoms with Gasteiger partial charge in [0.05, 0.1) is 5.56 Å². The number of benzene rings is 2. The summed E-state index contributed by atoms with van der Waals surface area (Å²) >= 11 is 0. The Morgan fingerprint density at radius 2 is 1.33 bits per heavy atom. The standard InChI is InChI=1S/C15H9F3O3/c16-13(17)14(18)20-12-8-6-10(7-9-12)15(19)21-11-4-2-1-3-5-11/h1-9H. The molecule has 0 spiro atoms. The highest BCUT2D eigenvalue weighted by Gasteiger charge is 2.11. The van der Waals surface area contributed by atoms with Crippen LogP contribution in [0.5, 0.6) is 11.5 Å². The molecule has 0 saturated heterocycles. The van der Waals surface area contributed by atoms with E-state index in [1.165, 1.54) is 24.3 Å². The van der Waals surface area contributed by atoms with E-state index in [0.29, 0.717) is 5.75 Å². The van der Waals surface area contributed by atoms with Crippen LogP contribution in [-0.4, -0.2) is 5.97 Å². The Kier molecular flexibility index (Phi) is 4.61. The molecule has 0 amide bonds. The van der Waals surface area contributed by atoms with Crippen molar-refractivity contribution in [3.05, 3.63) is 72.3 Å². The molecule has 0 fully saturated rings. The van der Waals surface area contributed by atoms with Gasteiger partial charge in [-0.25, -0.2) is 4.79 Å². The first-order valence-electron chi connectivity index (χ1n) is 5.82. The second-order valence-electron chi connectivity index (χ2n) is 3.86. The Balaban J connectivity index is 2.05. The van der Waals surface area contributed by atoms with Crippen LogP contribution in [0.4, 0.5) is 13.2 Å². The SMILES string of the molecule is O=C(Oc1ccccc1)c1ccc(OC(F)=C(F)F)cc1. The van der Waals surface area contributed by atoms with Crippen LogP contribution in [0.3, 0.4) is 0 Å². The zero-order valence-electron chi connectivity index (χ0n) is 10.6. The molecule has 2 aromatic carbocycles. The summed E-state index contributed by atoms with van der Waals surface area (Å²) in [6.07, 6.45) is -2.55. The summed E-state index contributed by atoms with van der Waals surface area (Å²) in [5, 5.41) is 0. The number of ether oxygens (including phenoxy) is 2. The van der Waals surface area contributed by atoms with Crippen molar-refractivity contribution < 1.29 is 27.4 Å². The summed E-state index contributed by atoms with van der Waals surface area (Å²) in [5.74, 6) is -0.409. The molecular formula is C15H9F3O3. The maximum Gasteiger partial charge on any atom is 0.344 e. The van der Waals surface area contributed by atoms with Gasteiger partial charge in [0.15, 0.2) is 0 Å². The van der Waals surface area contributed by atoms with E-state index in [0.717, 1.165) is 0 Å². The number of carbonyl (C=O) groups is 1. The van der Waals surface area contributed by atoms with Crippen LogP contribution in [0.1, 0.15) is 10.4 Å². The third-order valence-corrected chi connectivity index (χ3v) is 2.40. The number of esters is 1. The van der Waals surface area contributed by atoms with E-state index in [9.17, 15) is 18.0 Å². The van der Waals surface area contributed by atoms with Crippen molar-refractivity contribution in [2.75, 3.05) is 0 Å². The molecule has 2 aromatic rings. The molecule has 0 saturated carbocycles. The van der Waals surface area contributed by atoms with Gasteiger partial charge in [-0.05, 0) is 36.4 Å². The Morgan fingerprint density at radius 3 is 1.90 bits per heavy atom. The normalized spacial score (nSPS) is 9.86. The highest BCUT2D eigenvalue weighted by atomic mass is 19.3. The Labute approximate surface area is 118 Å². The van der Waals surface area contributed by atoms with Crippen molar-refractivity contribution in [2.45, 2.75) is 0 Å². The number of halogens is 3. The zero-order valence-corrected chi connectivity index (χ0v) is 10.6. The average Bonchev–Trinajstić information content (AvgIpc) is 2.48. The van der Waals surface area contributed by atoms with Gasteiger partial charge in [0, 0.05) is 0 Å². The minimum Gasteiger partial charge on any atom is -0.428 e. The smallest absolute Gasteiger partial charge is 0.344 e. The molecule has 0 radical (unpaired) electrons. The lowest BCUT2D eigenvalue weighted by molar-refractivity contribution is 0.0734. The number of hydrogen-bond donors (Lipinski definition) is 0. The predicted molar refractivity (Wildman–Crippen MR) is 68.8 cm³/mol. The zero-order chi connectivity index (χ0) is 15.2. The minimum atomic E-state index is -2.55. The van der Waals surface area contributed by atoms with Crippen LogP contribution < -0.4 is 9.47 Å². The van der Waals surface area contributed by atoms with Gasteiger partial charge >= 0.3 is 18.1 Å². The van der Waals surface area contributed by atoms with Gasteiger partial charge < -0.3 is 9.47 Å². The van der Waals surface area contributed by atoms with Gasteiger partial charge in [0.2, 0.25) is 0 Å². The van der Waals surface area contributed by atoms with Crippen molar-refractivity contribution in [1.29, 1.82) is 0 Å². The third kappa shape index (κ3) is 4.10. The monoisotopic (exact) mass is 294 g/mol. The highest BCUT2D eigenvalue weighted by Crippen LogP contribution is 2.19. The van der Waals surface area contributed by atoms with Crippen LogP contribution in [0.15, 0.2) is 66.7 Å². The molecular weight excluding hydrogens is 285 g/mol. The molecule has 0 atom stereocenters. The molecule has 0 heterocycles. The van der Waals surface area contributed by atoms with Crippen molar-refractivity contribution >= 4 is 5.97 Å². The van der Waals surface area contributed by atoms with E-state index in [1.54, 1.807) is 30.3 Å². The number of para-hydroxylation sites is 1. The van der Waals surface area contributed by atoms with Crippen LogP contribution in [0, 0.1) is 0 Å². The summed E-state index contributed by atoms with van der Waals surface area (Å²) in [7, 11) is 0. The lowest BCUT2D eigenvalue weighted by Gasteiger charge is -2.05. The average molecular weight is 294 g/mol. The van der Waals surface area contributed by atoms with Crippen LogP contribution in [0.2, 0.25) is 0 Å². The summed E-state index contributed by atoms with van der Waals surface area (Å²) in [6.45, 7) is 0. The first-order valence-corrected chi connectivity index (χ1v) is 5.82. The minimum absolute atomic E-state index is 0.156. The first kappa shape index (κ1) is 14.6. The van der Waals surface area contributed by atoms with Gasteiger partial charge in [-0.1, -0.05) is 18.2 Å². The second kappa shape index (κ2) is 6.60. The molecule has 0 aliphatic carbocycles. The number of carbonyl (C=O) groups excluding carboxylic acids is 1. The quantitative estimate of drug-likeness (QED) is 0.478. The van der Waals surface area contributed by atoms with Gasteiger partial charge in [0.1, 0.15) is 11.5 Å². The molecule has 3 nitrogen and oxygen atoms in total. The molecule has 6 heteroatoms. The largest absolute Gasteiger partial charge is 0.428 e. The highest BCUT2D eigenvalue weighted by molar-refractivity contribution is 5.91. The first-order chi connectivity index (χ1) is 10.1. The third-order valence-electron chi connectivity index (χ3n) is 2.40. The van der Waals surface area contributed by atoms with E-state index in [-0.39, 0.29) is 11.3 Å². The predicted octanol–water partition coefficient (Wildman–Crippen LogP) is 4.32. The van der Waals surface area contributed by atoms with Crippen LogP contribution in [0.25, 0.3) is 0 Å². The summed E-state index contributed by atoms with van der Waals surface area (Å²) in [4.78, 5) is 11.8. The number of rotatable bonds is 4. The molecule has 21 heavy (non-hydrogen) atoms. The second-order valence-corrected chi connectivity index (χ2v) is 3.86. The fraction of sp³-hybridized carbons (Fsp3) is 0. The molecule has 108 valence electrons.